The first-order valence-corrected chi connectivity index (χ1v) is 4.42. The van der Waals surface area contributed by atoms with Crippen molar-refractivity contribution < 1.29 is 14.6 Å². The third kappa shape index (κ3) is 3.08. The molecule has 0 amide bonds. The van der Waals surface area contributed by atoms with Gasteiger partial charge in [0.2, 0.25) is 0 Å². The zero-order valence-electron chi connectivity index (χ0n) is 8.30. The lowest BCUT2D eigenvalue weighted by Gasteiger charge is -2.07. The van der Waals surface area contributed by atoms with Crippen molar-refractivity contribution in [3.05, 3.63) is 35.4 Å². The van der Waals surface area contributed by atoms with Gasteiger partial charge in [0.05, 0.1) is 18.7 Å². The van der Waals surface area contributed by atoms with E-state index in [9.17, 15) is 9.90 Å². The molecule has 0 heterocycles. The van der Waals surface area contributed by atoms with Crippen molar-refractivity contribution in [2.24, 2.45) is 0 Å². The van der Waals surface area contributed by atoms with Crippen molar-refractivity contribution >= 4 is 5.97 Å². The molecular formula is C11H11NO3. The average molecular weight is 205 g/mol. The standard InChI is InChI=1S/C11H11NO3/c1-15-11(14)10(13)6-8-3-2-4-9(5-8)7-12/h2-5,10,13H,6H2,1H3. The van der Waals surface area contributed by atoms with E-state index in [1.165, 1.54) is 7.11 Å². The van der Waals surface area contributed by atoms with E-state index < -0.39 is 12.1 Å². The number of nitriles is 1. The minimum atomic E-state index is -1.18. The van der Waals surface area contributed by atoms with Crippen molar-refractivity contribution in [2.45, 2.75) is 12.5 Å². The molecule has 1 unspecified atom stereocenters. The number of ether oxygens (including phenoxy) is 1. The Bertz CT molecular complexity index is 395. The molecule has 4 heteroatoms. The van der Waals surface area contributed by atoms with Crippen LogP contribution in [0.3, 0.4) is 0 Å². The molecule has 0 aliphatic carbocycles. The molecule has 0 aliphatic heterocycles. The van der Waals surface area contributed by atoms with Crippen molar-refractivity contribution in [3.8, 4) is 6.07 Å². The van der Waals surface area contributed by atoms with Gasteiger partial charge in [0.15, 0.2) is 6.10 Å². The van der Waals surface area contributed by atoms with Gasteiger partial charge in [-0.25, -0.2) is 4.79 Å². The number of esters is 1. The third-order valence-corrected chi connectivity index (χ3v) is 1.96. The fourth-order valence-corrected chi connectivity index (χ4v) is 1.21. The summed E-state index contributed by atoms with van der Waals surface area (Å²) in [6.07, 6.45) is -1.02. The Kier molecular flexibility index (Phi) is 3.83. The highest BCUT2D eigenvalue weighted by Crippen LogP contribution is 2.07. The summed E-state index contributed by atoms with van der Waals surface area (Å²) in [4.78, 5) is 10.9. The first kappa shape index (κ1) is 11.2. The number of methoxy groups -OCH3 is 1. The Morgan fingerprint density at radius 1 is 1.67 bits per heavy atom. The number of hydrogen-bond acceptors (Lipinski definition) is 4. The number of nitrogens with zero attached hydrogens (tertiary/aromatic N) is 1. The number of rotatable bonds is 3. The average Bonchev–Trinajstić information content (AvgIpc) is 2.28. The predicted octanol–water partition coefficient (Wildman–Crippen LogP) is 0.635. The van der Waals surface area contributed by atoms with E-state index in [1.54, 1.807) is 24.3 Å². The zero-order chi connectivity index (χ0) is 11.3. The summed E-state index contributed by atoms with van der Waals surface area (Å²) in [6, 6.07) is 8.73. The fourth-order valence-electron chi connectivity index (χ4n) is 1.21. The van der Waals surface area contributed by atoms with Gasteiger partial charge >= 0.3 is 5.97 Å². The van der Waals surface area contributed by atoms with E-state index in [-0.39, 0.29) is 6.42 Å². The normalized spacial score (nSPS) is 11.5. The summed E-state index contributed by atoms with van der Waals surface area (Å²) in [5.41, 5.74) is 1.23. The Morgan fingerprint density at radius 2 is 2.40 bits per heavy atom. The van der Waals surface area contributed by atoms with Gasteiger partial charge in [0, 0.05) is 6.42 Å². The molecule has 1 atom stereocenters. The lowest BCUT2D eigenvalue weighted by molar-refractivity contribution is -0.150. The Hall–Kier alpha value is -1.86. The van der Waals surface area contributed by atoms with E-state index >= 15 is 0 Å². The topological polar surface area (TPSA) is 70.3 Å². The lowest BCUT2D eigenvalue weighted by Crippen LogP contribution is -2.24. The highest BCUT2D eigenvalue weighted by molar-refractivity contribution is 5.74. The number of benzene rings is 1. The second kappa shape index (κ2) is 5.13. The van der Waals surface area contributed by atoms with E-state index in [0.717, 1.165) is 5.56 Å². The Balaban J connectivity index is 2.73. The molecule has 0 saturated carbocycles. The molecule has 0 aromatic heterocycles. The van der Waals surface area contributed by atoms with Crippen LogP contribution in [0.25, 0.3) is 0 Å². The Morgan fingerprint density at radius 3 is 3.00 bits per heavy atom. The first-order valence-electron chi connectivity index (χ1n) is 4.42. The van der Waals surface area contributed by atoms with E-state index in [1.807, 2.05) is 6.07 Å². The van der Waals surface area contributed by atoms with Crippen LogP contribution in [0, 0.1) is 11.3 Å². The summed E-state index contributed by atoms with van der Waals surface area (Å²) < 4.78 is 4.39. The van der Waals surface area contributed by atoms with E-state index in [2.05, 4.69) is 4.74 Å². The maximum absolute atomic E-state index is 10.9. The predicted molar refractivity (Wildman–Crippen MR) is 52.9 cm³/mol. The number of hydrogen-bond donors (Lipinski definition) is 1. The highest BCUT2D eigenvalue weighted by Gasteiger charge is 2.15. The quantitative estimate of drug-likeness (QED) is 0.735. The third-order valence-electron chi connectivity index (χ3n) is 1.96. The van der Waals surface area contributed by atoms with Crippen molar-refractivity contribution in [2.75, 3.05) is 7.11 Å². The van der Waals surface area contributed by atoms with Gasteiger partial charge in [-0.3, -0.25) is 0 Å². The van der Waals surface area contributed by atoms with Crippen LogP contribution >= 0.6 is 0 Å². The largest absolute Gasteiger partial charge is 0.467 e. The smallest absolute Gasteiger partial charge is 0.335 e. The van der Waals surface area contributed by atoms with Crippen LogP contribution in [-0.2, 0) is 16.0 Å². The second-order valence-electron chi connectivity index (χ2n) is 3.06. The second-order valence-corrected chi connectivity index (χ2v) is 3.06. The summed E-state index contributed by atoms with van der Waals surface area (Å²) >= 11 is 0. The molecule has 1 aromatic carbocycles. The molecule has 0 bridgehead atoms. The van der Waals surface area contributed by atoms with Crippen molar-refractivity contribution in [3.63, 3.8) is 0 Å². The summed E-state index contributed by atoms with van der Waals surface area (Å²) in [6.45, 7) is 0. The summed E-state index contributed by atoms with van der Waals surface area (Å²) in [7, 11) is 1.22. The maximum atomic E-state index is 10.9. The SMILES string of the molecule is COC(=O)C(O)Cc1cccc(C#N)c1. The van der Waals surface area contributed by atoms with Gasteiger partial charge in [-0.15, -0.1) is 0 Å². The molecule has 0 aliphatic rings. The molecule has 1 N–H and O–H groups in total. The summed E-state index contributed by atoms with van der Waals surface area (Å²) in [5.74, 6) is -0.669. The molecule has 1 rings (SSSR count). The number of carbonyl (C=O) groups is 1. The fraction of sp³-hybridized carbons (Fsp3) is 0.273. The number of carbonyl (C=O) groups excluding carboxylic acids is 1. The minimum absolute atomic E-state index is 0.155. The number of aliphatic hydroxyl groups is 1. The zero-order valence-corrected chi connectivity index (χ0v) is 8.30. The van der Waals surface area contributed by atoms with Crippen molar-refractivity contribution in [1.82, 2.24) is 0 Å². The van der Waals surface area contributed by atoms with Gasteiger partial charge in [-0.1, -0.05) is 12.1 Å². The van der Waals surface area contributed by atoms with Crippen LogP contribution < -0.4 is 0 Å². The van der Waals surface area contributed by atoms with Gasteiger partial charge in [-0.05, 0) is 17.7 Å². The van der Waals surface area contributed by atoms with Crippen LogP contribution in [0.4, 0.5) is 0 Å². The molecule has 0 fully saturated rings. The van der Waals surface area contributed by atoms with Gasteiger partial charge in [-0.2, -0.15) is 5.26 Å². The van der Waals surface area contributed by atoms with Gasteiger partial charge in [0.1, 0.15) is 0 Å². The monoisotopic (exact) mass is 205 g/mol. The van der Waals surface area contributed by atoms with E-state index in [0.29, 0.717) is 5.56 Å². The summed E-state index contributed by atoms with van der Waals surface area (Å²) in [5, 5.41) is 18.0. The van der Waals surface area contributed by atoms with Crippen LogP contribution in [0.2, 0.25) is 0 Å². The molecule has 0 radical (unpaired) electrons. The van der Waals surface area contributed by atoms with E-state index in [4.69, 9.17) is 5.26 Å². The molecule has 78 valence electrons. The van der Waals surface area contributed by atoms with Crippen LogP contribution in [0.15, 0.2) is 24.3 Å². The van der Waals surface area contributed by atoms with Crippen LogP contribution in [0.1, 0.15) is 11.1 Å². The number of aliphatic hydroxyl groups excluding tert-OH is 1. The lowest BCUT2D eigenvalue weighted by atomic mass is 10.1. The Labute approximate surface area is 87.7 Å². The molecule has 0 spiro atoms. The molecule has 1 aromatic rings. The van der Waals surface area contributed by atoms with Gasteiger partial charge < -0.3 is 9.84 Å². The molecule has 4 nitrogen and oxygen atoms in total. The van der Waals surface area contributed by atoms with Gasteiger partial charge in [0.25, 0.3) is 0 Å². The maximum Gasteiger partial charge on any atom is 0.335 e. The van der Waals surface area contributed by atoms with Crippen LogP contribution in [0.5, 0.6) is 0 Å². The molecular weight excluding hydrogens is 194 g/mol. The van der Waals surface area contributed by atoms with Crippen molar-refractivity contribution in [1.29, 1.82) is 5.26 Å². The molecule has 15 heavy (non-hydrogen) atoms. The first-order chi connectivity index (χ1) is 7.17. The minimum Gasteiger partial charge on any atom is -0.467 e. The van der Waals surface area contributed by atoms with Crippen LogP contribution in [-0.4, -0.2) is 24.3 Å². The highest BCUT2D eigenvalue weighted by atomic mass is 16.5. The molecule has 0 saturated heterocycles.